The number of amides is 1. The molecule has 0 bridgehead atoms. The Kier molecular flexibility index (Phi) is 2.93. The summed E-state index contributed by atoms with van der Waals surface area (Å²) in [4.78, 5) is 13.2. The van der Waals surface area contributed by atoms with Crippen molar-refractivity contribution in [3.05, 3.63) is 12.7 Å². The number of fused-ring (bicyclic) bond motifs is 1. The molecular weight excluding hydrogens is 196 g/mol. The molecular formula is C10H16N2O3. The van der Waals surface area contributed by atoms with Crippen LogP contribution in [0.2, 0.25) is 0 Å². The van der Waals surface area contributed by atoms with Crippen molar-refractivity contribution >= 4 is 6.09 Å². The van der Waals surface area contributed by atoms with Crippen LogP contribution in [0, 0.1) is 0 Å². The van der Waals surface area contributed by atoms with Crippen LogP contribution < -0.4 is 5.32 Å². The van der Waals surface area contributed by atoms with Gasteiger partial charge in [0.1, 0.15) is 6.61 Å². The second-order valence-corrected chi connectivity index (χ2v) is 3.92. The molecule has 1 amide bonds. The number of β-amino-alcohol motifs (C(OH)–C–C–N with tert-alkyl or cyclic N) is 1. The second kappa shape index (κ2) is 4.20. The van der Waals surface area contributed by atoms with E-state index in [0.717, 1.165) is 13.0 Å². The quantitative estimate of drug-likeness (QED) is 0.618. The normalized spacial score (nSPS) is 33.9. The molecule has 0 spiro atoms. The van der Waals surface area contributed by atoms with Crippen LogP contribution in [-0.4, -0.2) is 54.0 Å². The molecule has 0 aromatic heterocycles. The molecule has 5 nitrogen and oxygen atoms in total. The molecule has 0 aliphatic carbocycles. The Morgan fingerprint density at radius 2 is 2.53 bits per heavy atom. The van der Waals surface area contributed by atoms with Gasteiger partial charge in [-0.2, -0.15) is 0 Å². The van der Waals surface area contributed by atoms with Gasteiger partial charge < -0.3 is 20.1 Å². The third-order valence-corrected chi connectivity index (χ3v) is 2.99. The number of aliphatic hydroxyl groups excluding tert-OH is 1. The van der Waals surface area contributed by atoms with Crippen molar-refractivity contribution in [3.63, 3.8) is 0 Å². The molecule has 0 saturated carbocycles. The smallest absolute Gasteiger partial charge is 0.410 e. The van der Waals surface area contributed by atoms with Gasteiger partial charge in [0.15, 0.2) is 0 Å². The summed E-state index contributed by atoms with van der Waals surface area (Å²) in [6.07, 6.45) is 1.58. The largest absolute Gasteiger partial charge is 0.445 e. The van der Waals surface area contributed by atoms with Crippen LogP contribution in [0.4, 0.5) is 4.79 Å². The van der Waals surface area contributed by atoms with Crippen LogP contribution in [0.25, 0.3) is 0 Å². The first-order valence-electron chi connectivity index (χ1n) is 5.20. The number of rotatable bonds is 2. The molecule has 3 atom stereocenters. The van der Waals surface area contributed by atoms with Gasteiger partial charge in [-0.25, -0.2) is 4.79 Å². The van der Waals surface area contributed by atoms with E-state index in [1.165, 1.54) is 6.08 Å². The molecule has 15 heavy (non-hydrogen) atoms. The Hall–Kier alpha value is -1.07. The minimum Gasteiger partial charge on any atom is -0.445 e. The standard InChI is InChI=1S/C10H16N2O3/c1-2-5-15-10(14)12-6-8(13)9-7(12)3-4-11-9/h2,7-9,11,13H,1,3-6H2. The van der Waals surface area contributed by atoms with E-state index < -0.39 is 6.10 Å². The van der Waals surface area contributed by atoms with E-state index in [4.69, 9.17) is 4.74 Å². The van der Waals surface area contributed by atoms with Crippen molar-refractivity contribution in [2.45, 2.75) is 24.6 Å². The maximum atomic E-state index is 11.6. The third-order valence-electron chi connectivity index (χ3n) is 2.99. The summed E-state index contributed by atoms with van der Waals surface area (Å²) in [5.41, 5.74) is 0. The van der Waals surface area contributed by atoms with E-state index in [0.29, 0.717) is 6.54 Å². The molecule has 5 heteroatoms. The van der Waals surface area contributed by atoms with Gasteiger partial charge >= 0.3 is 6.09 Å². The monoisotopic (exact) mass is 212 g/mol. The molecule has 2 saturated heterocycles. The van der Waals surface area contributed by atoms with Crippen LogP contribution in [0.15, 0.2) is 12.7 Å². The number of hydrogen-bond acceptors (Lipinski definition) is 4. The zero-order chi connectivity index (χ0) is 10.8. The van der Waals surface area contributed by atoms with E-state index >= 15 is 0 Å². The number of nitrogens with one attached hydrogen (secondary N) is 1. The van der Waals surface area contributed by atoms with Gasteiger partial charge in [0.05, 0.1) is 24.7 Å². The van der Waals surface area contributed by atoms with Gasteiger partial charge in [0.25, 0.3) is 0 Å². The first-order valence-corrected chi connectivity index (χ1v) is 5.20. The second-order valence-electron chi connectivity index (χ2n) is 3.92. The summed E-state index contributed by atoms with van der Waals surface area (Å²) < 4.78 is 4.96. The van der Waals surface area contributed by atoms with Crippen molar-refractivity contribution in [2.24, 2.45) is 0 Å². The van der Waals surface area contributed by atoms with Crippen molar-refractivity contribution in [1.82, 2.24) is 10.2 Å². The fraction of sp³-hybridized carbons (Fsp3) is 0.700. The van der Waals surface area contributed by atoms with Crippen molar-refractivity contribution in [2.75, 3.05) is 19.7 Å². The first kappa shape index (κ1) is 10.4. The maximum Gasteiger partial charge on any atom is 0.410 e. The van der Waals surface area contributed by atoms with E-state index in [9.17, 15) is 9.90 Å². The SMILES string of the molecule is C=CCOC(=O)N1CC(O)C2NCCC21. The molecule has 2 heterocycles. The Labute approximate surface area is 88.7 Å². The number of carbonyl (C=O) groups excluding carboxylic acids is 1. The zero-order valence-corrected chi connectivity index (χ0v) is 8.56. The van der Waals surface area contributed by atoms with E-state index in [1.807, 2.05) is 0 Å². The number of likely N-dealkylation sites (tertiary alicyclic amines) is 1. The number of nitrogens with zero attached hydrogens (tertiary/aromatic N) is 1. The van der Waals surface area contributed by atoms with Gasteiger partial charge in [-0.15, -0.1) is 0 Å². The molecule has 2 rings (SSSR count). The van der Waals surface area contributed by atoms with Crippen LogP contribution in [0.1, 0.15) is 6.42 Å². The summed E-state index contributed by atoms with van der Waals surface area (Å²) in [5, 5.41) is 12.9. The summed E-state index contributed by atoms with van der Waals surface area (Å²) in [6, 6.07) is 0.0959. The van der Waals surface area contributed by atoms with Crippen LogP contribution in [-0.2, 0) is 4.74 Å². The Morgan fingerprint density at radius 3 is 3.27 bits per heavy atom. The predicted molar refractivity (Wildman–Crippen MR) is 54.5 cm³/mol. The number of ether oxygens (including phenoxy) is 1. The van der Waals surface area contributed by atoms with Gasteiger partial charge in [-0.3, -0.25) is 0 Å². The van der Waals surface area contributed by atoms with Crippen molar-refractivity contribution in [3.8, 4) is 0 Å². The summed E-state index contributed by atoms with van der Waals surface area (Å²) >= 11 is 0. The zero-order valence-electron chi connectivity index (χ0n) is 8.56. The van der Waals surface area contributed by atoms with Crippen LogP contribution in [0.5, 0.6) is 0 Å². The van der Waals surface area contributed by atoms with Crippen LogP contribution >= 0.6 is 0 Å². The number of aliphatic hydroxyl groups is 1. The van der Waals surface area contributed by atoms with Crippen molar-refractivity contribution < 1.29 is 14.6 Å². The topological polar surface area (TPSA) is 61.8 Å². The average Bonchev–Trinajstić information content (AvgIpc) is 2.79. The molecule has 2 aliphatic heterocycles. The van der Waals surface area contributed by atoms with Crippen molar-refractivity contribution in [1.29, 1.82) is 0 Å². The summed E-state index contributed by atoms with van der Waals surface area (Å²) in [7, 11) is 0. The summed E-state index contributed by atoms with van der Waals surface area (Å²) in [5.74, 6) is 0. The van der Waals surface area contributed by atoms with Crippen LogP contribution in [0.3, 0.4) is 0 Å². The lowest BCUT2D eigenvalue weighted by atomic mass is 10.1. The van der Waals surface area contributed by atoms with E-state index in [2.05, 4.69) is 11.9 Å². The highest BCUT2D eigenvalue weighted by Crippen LogP contribution is 2.25. The Morgan fingerprint density at radius 1 is 1.73 bits per heavy atom. The Balaban J connectivity index is 1.97. The highest BCUT2D eigenvalue weighted by molar-refractivity contribution is 5.69. The fourth-order valence-corrected chi connectivity index (χ4v) is 2.33. The highest BCUT2D eigenvalue weighted by atomic mass is 16.6. The molecule has 2 N–H and O–H groups in total. The molecule has 0 aromatic carbocycles. The number of hydrogen-bond donors (Lipinski definition) is 2. The highest BCUT2D eigenvalue weighted by Gasteiger charge is 2.46. The maximum absolute atomic E-state index is 11.6. The van der Waals surface area contributed by atoms with Gasteiger partial charge in [-0.05, 0) is 13.0 Å². The molecule has 0 radical (unpaired) electrons. The molecule has 2 aliphatic rings. The summed E-state index contributed by atoms with van der Waals surface area (Å²) in [6.45, 7) is 4.91. The minimum atomic E-state index is -0.478. The van der Waals surface area contributed by atoms with Gasteiger partial charge in [0.2, 0.25) is 0 Å². The average molecular weight is 212 g/mol. The minimum absolute atomic E-state index is 0.0151. The van der Waals surface area contributed by atoms with E-state index in [1.54, 1.807) is 4.90 Å². The lowest BCUT2D eigenvalue weighted by Crippen LogP contribution is -2.39. The number of carbonyl (C=O) groups is 1. The van der Waals surface area contributed by atoms with Gasteiger partial charge in [0, 0.05) is 0 Å². The third kappa shape index (κ3) is 1.85. The molecule has 2 fully saturated rings. The molecule has 0 aromatic rings. The van der Waals surface area contributed by atoms with E-state index in [-0.39, 0.29) is 24.8 Å². The molecule has 3 unspecified atom stereocenters. The van der Waals surface area contributed by atoms with Gasteiger partial charge in [-0.1, -0.05) is 12.7 Å². The first-order chi connectivity index (χ1) is 7.24. The fourth-order valence-electron chi connectivity index (χ4n) is 2.33. The Bertz CT molecular complexity index is 269. The predicted octanol–water partition coefficient (Wildman–Crippen LogP) is -0.284. The lowest BCUT2D eigenvalue weighted by Gasteiger charge is -2.21. The molecule has 84 valence electrons. The lowest BCUT2D eigenvalue weighted by molar-refractivity contribution is 0.102.